The molecule has 1 fully saturated rings. The van der Waals surface area contributed by atoms with Crippen LogP contribution in [0.4, 0.5) is 10.1 Å². The fourth-order valence-electron chi connectivity index (χ4n) is 3.67. The molecule has 27 heavy (non-hydrogen) atoms. The molecule has 0 radical (unpaired) electrons. The summed E-state index contributed by atoms with van der Waals surface area (Å²) >= 11 is 0. The third-order valence-electron chi connectivity index (χ3n) is 4.94. The van der Waals surface area contributed by atoms with Crippen LogP contribution in [0, 0.1) is 5.82 Å². The summed E-state index contributed by atoms with van der Waals surface area (Å²) in [6.45, 7) is 1.45. The molecule has 2 aromatic carbocycles. The van der Waals surface area contributed by atoms with Gasteiger partial charge in [-0.15, -0.1) is 0 Å². The monoisotopic (exact) mass is 366 g/mol. The van der Waals surface area contributed by atoms with Crippen LogP contribution in [-0.4, -0.2) is 36.9 Å². The van der Waals surface area contributed by atoms with Gasteiger partial charge in [0.2, 0.25) is 0 Å². The summed E-state index contributed by atoms with van der Waals surface area (Å²) < 4.78 is 18.7. The van der Waals surface area contributed by atoms with Gasteiger partial charge in [-0.05, 0) is 43.2 Å². The molecule has 2 amide bonds. The van der Waals surface area contributed by atoms with Gasteiger partial charge in [0, 0.05) is 18.7 Å². The summed E-state index contributed by atoms with van der Waals surface area (Å²) in [4.78, 5) is 29.6. The van der Waals surface area contributed by atoms with E-state index in [-0.39, 0.29) is 5.91 Å². The largest absolute Gasteiger partial charge is 0.496 e. The molecule has 138 valence electrons. The molecule has 0 aliphatic carbocycles. The third kappa shape index (κ3) is 2.87. The average molecular weight is 366 g/mol. The van der Waals surface area contributed by atoms with Crippen molar-refractivity contribution in [3.05, 3.63) is 65.6 Å². The Morgan fingerprint density at radius 3 is 2.26 bits per heavy atom. The van der Waals surface area contributed by atoms with Crippen LogP contribution in [-0.2, 0) is 9.59 Å². The molecule has 0 N–H and O–H groups in total. The molecule has 0 spiro atoms. The van der Waals surface area contributed by atoms with E-state index in [4.69, 9.17) is 4.74 Å². The number of rotatable bonds is 4. The van der Waals surface area contributed by atoms with Gasteiger partial charge in [0.15, 0.2) is 0 Å². The van der Waals surface area contributed by atoms with E-state index in [0.29, 0.717) is 28.3 Å². The number of nitrogens with zero attached hydrogens (tertiary/aromatic N) is 2. The van der Waals surface area contributed by atoms with Crippen molar-refractivity contribution in [2.45, 2.75) is 12.8 Å². The van der Waals surface area contributed by atoms with Gasteiger partial charge in [-0.2, -0.15) is 0 Å². The summed E-state index contributed by atoms with van der Waals surface area (Å²) in [6, 6.07) is 12.5. The molecule has 0 aromatic heterocycles. The van der Waals surface area contributed by atoms with E-state index in [2.05, 4.69) is 0 Å². The van der Waals surface area contributed by atoms with Crippen LogP contribution in [0.5, 0.6) is 5.75 Å². The number of imide groups is 1. The number of anilines is 1. The van der Waals surface area contributed by atoms with Gasteiger partial charge >= 0.3 is 0 Å². The lowest BCUT2D eigenvalue weighted by Crippen LogP contribution is -2.34. The SMILES string of the molecule is COc1ccccc1C1=C(N2CCCC2)C(=O)N(c2ccc(F)cc2)C1=O. The molecule has 0 unspecified atom stereocenters. The molecule has 0 saturated carbocycles. The number of likely N-dealkylation sites (tertiary alicyclic amines) is 1. The zero-order valence-corrected chi connectivity index (χ0v) is 14.9. The van der Waals surface area contributed by atoms with E-state index in [9.17, 15) is 14.0 Å². The third-order valence-corrected chi connectivity index (χ3v) is 4.94. The highest BCUT2D eigenvalue weighted by Gasteiger charge is 2.43. The molecule has 2 heterocycles. The normalized spacial score (nSPS) is 17.3. The van der Waals surface area contributed by atoms with Crippen LogP contribution in [0.2, 0.25) is 0 Å². The van der Waals surface area contributed by atoms with Gasteiger partial charge in [0.05, 0.1) is 18.4 Å². The van der Waals surface area contributed by atoms with E-state index in [0.717, 1.165) is 30.8 Å². The second kappa shape index (κ2) is 6.87. The van der Waals surface area contributed by atoms with Crippen LogP contribution < -0.4 is 9.64 Å². The number of methoxy groups -OCH3 is 1. The second-order valence-corrected chi connectivity index (χ2v) is 6.54. The van der Waals surface area contributed by atoms with Gasteiger partial charge in [0.1, 0.15) is 17.3 Å². The summed E-state index contributed by atoms with van der Waals surface area (Å²) in [5.74, 6) is -0.686. The molecular weight excluding hydrogens is 347 g/mol. The molecule has 2 aliphatic heterocycles. The van der Waals surface area contributed by atoms with E-state index < -0.39 is 11.7 Å². The summed E-state index contributed by atoms with van der Waals surface area (Å²) in [7, 11) is 1.54. The second-order valence-electron chi connectivity index (χ2n) is 6.54. The van der Waals surface area contributed by atoms with E-state index >= 15 is 0 Å². The van der Waals surface area contributed by atoms with Crippen LogP contribution in [0.15, 0.2) is 54.2 Å². The Balaban J connectivity index is 1.86. The van der Waals surface area contributed by atoms with Gasteiger partial charge < -0.3 is 9.64 Å². The van der Waals surface area contributed by atoms with E-state index in [1.807, 2.05) is 17.0 Å². The number of carbonyl (C=O) groups excluding carboxylic acids is 2. The quantitative estimate of drug-likeness (QED) is 0.780. The number of ether oxygens (including phenoxy) is 1. The number of hydrogen-bond acceptors (Lipinski definition) is 4. The van der Waals surface area contributed by atoms with Crippen LogP contribution in [0.25, 0.3) is 5.57 Å². The zero-order chi connectivity index (χ0) is 19.0. The fraction of sp³-hybridized carbons (Fsp3) is 0.238. The Hall–Kier alpha value is -3.15. The van der Waals surface area contributed by atoms with E-state index in [1.54, 1.807) is 12.1 Å². The molecule has 6 heteroatoms. The van der Waals surface area contributed by atoms with Crippen molar-refractivity contribution in [1.82, 2.24) is 4.90 Å². The Kier molecular flexibility index (Phi) is 4.39. The Morgan fingerprint density at radius 1 is 0.926 bits per heavy atom. The van der Waals surface area contributed by atoms with Crippen LogP contribution in [0.1, 0.15) is 18.4 Å². The van der Waals surface area contributed by atoms with Crippen molar-refractivity contribution in [3.8, 4) is 5.75 Å². The van der Waals surface area contributed by atoms with E-state index in [1.165, 1.54) is 31.4 Å². The zero-order valence-electron chi connectivity index (χ0n) is 14.9. The molecule has 4 rings (SSSR count). The standard InChI is InChI=1S/C21H19FN2O3/c1-27-17-7-3-2-6-16(17)18-19(23-12-4-5-13-23)21(26)24(20(18)25)15-10-8-14(22)9-11-15/h2-3,6-11H,4-5,12-13H2,1H3. The minimum Gasteiger partial charge on any atom is -0.496 e. The van der Waals surface area contributed by atoms with Crippen LogP contribution >= 0.6 is 0 Å². The molecule has 1 saturated heterocycles. The maximum Gasteiger partial charge on any atom is 0.282 e. The smallest absolute Gasteiger partial charge is 0.282 e. The highest BCUT2D eigenvalue weighted by molar-refractivity contribution is 6.45. The highest BCUT2D eigenvalue weighted by atomic mass is 19.1. The number of benzene rings is 2. The predicted octanol–water partition coefficient (Wildman–Crippen LogP) is 3.21. The Bertz CT molecular complexity index is 931. The topological polar surface area (TPSA) is 49.9 Å². The molecule has 0 atom stereocenters. The van der Waals surface area contributed by atoms with Crippen LogP contribution in [0.3, 0.4) is 0 Å². The van der Waals surface area contributed by atoms with Crippen molar-refractivity contribution in [1.29, 1.82) is 0 Å². The number of hydrogen-bond donors (Lipinski definition) is 0. The Labute approximate surface area is 156 Å². The first-order chi connectivity index (χ1) is 13.1. The molecular formula is C21H19FN2O3. The lowest BCUT2D eigenvalue weighted by molar-refractivity contribution is -0.120. The number of halogens is 1. The molecule has 5 nitrogen and oxygen atoms in total. The first kappa shape index (κ1) is 17.3. The van der Waals surface area contributed by atoms with Gasteiger partial charge in [-0.3, -0.25) is 9.59 Å². The molecule has 0 bridgehead atoms. The molecule has 2 aromatic rings. The van der Waals surface area contributed by atoms with Gasteiger partial charge in [-0.1, -0.05) is 18.2 Å². The number of carbonyl (C=O) groups is 2. The highest BCUT2D eigenvalue weighted by Crippen LogP contribution is 2.39. The maximum atomic E-state index is 13.3. The Morgan fingerprint density at radius 2 is 1.59 bits per heavy atom. The summed E-state index contributed by atoms with van der Waals surface area (Å²) in [5.41, 5.74) is 1.67. The van der Waals surface area contributed by atoms with Crippen molar-refractivity contribution in [3.63, 3.8) is 0 Å². The van der Waals surface area contributed by atoms with Crippen molar-refractivity contribution >= 4 is 23.1 Å². The first-order valence-electron chi connectivity index (χ1n) is 8.89. The lowest BCUT2D eigenvalue weighted by atomic mass is 10.0. The number of amides is 2. The predicted molar refractivity (Wildman–Crippen MR) is 99.6 cm³/mol. The minimum absolute atomic E-state index is 0.337. The maximum absolute atomic E-state index is 13.3. The van der Waals surface area contributed by atoms with Crippen molar-refractivity contribution in [2.24, 2.45) is 0 Å². The average Bonchev–Trinajstić information content (AvgIpc) is 3.29. The first-order valence-corrected chi connectivity index (χ1v) is 8.89. The molecule has 2 aliphatic rings. The summed E-state index contributed by atoms with van der Waals surface area (Å²) in [5, 5.41) is 0. The van der Waals surface area contributed by atoms with Crippen molar-refractivity contribution < 1.29 is 18.7 Å². The summed E-state index contributed by atoms with van der Waals surface area (Å²) in [6.07, 6.45) is 1.95. The van der Waals surface area contributed by atoms with Crippen molar-refractivity contribution in [2.75, 3.05) is 25.1 Å². The minimum atomic E-state index is -0.421. The lowest BCUT2D eigenvalue weighted by Gasteiger charge is -2.20. The number of para-hydroxylation sites is 1. The van der Waals surface area contributed by atoms with Gasteiger partial charge in [0.25, 0.3) is 11.8 Å². The van der Waals surface area contributed by atoms with Gasteiger partial charge in [-0.25, -0.2) is 9.29 Å². The fourth-order valence-corrected chi connectivity index (χ4v) is 3.67.